The maximum absolute atomic E-state index is 12.6. The molecule has 0 bridgehead atoms. The molecule has 2 rings (SSSR count). The van der Waals surface area contributed by atoms with Crippen LogP contribution in [0, 0.1) is 5.92 Å². The van der Waals surface area contributed by atoms with Crippen LogP contribution >= 0.6 is 0 Å². The first kappa shape index (κ1) is 25.6. The molecular formula is C21H27F2NO7S. The van der Waals surface area contributed by atoms with E-state index in [1.165, 1.54) is 36.3 Å². The number of carbonyl (C=O) groups excluding carboxylic acids is 2. The van der Waals surface area contributed by atoms with Gasteiger partial charge in [-0.2, -0.15) is 8.78 Å². The molecule has 0 radical (unpaired) electrons. The number of halogens is 2. The van der Waals surface area contributed by atoms with Crippen LogP contribution in [-0.4, -0.2) is 69.6 Å². The van der Waals surface area contributed by atoms with Crippen LogP contribution in [0.3, 0.4) is 0 Å². The van der Waals surface area contributed by atoms with E-state index < -0.39 is 41.0 Å². The molecule has 1 aliphatic rings. The van der Waals surface area contributed by atoms with E-state index in [9.17, 15) is 26.8 Å². The van der Waals surface area contributed by atoms with Crippen molar-refractivity contribution in [2.24, 2.45) is 5.92 Å². The lowest BCUT2D eigenvalue weighted by Gasteiger charge is -2.29. The second-order valence-electron chi connectivity index (χ2n) is 7.73. The average Bonchev–Trinajstić information content (AvgIpc) is 3.08. The van der Waals surface area contributed by atoms with Gasteiger partial charge >= 0.3 is 12.6 Å². The summed E-state index contributed by atoms with van der Waals surface area (Å²) in [5, 5.41) is 0. The van der Waals surface area contributed by atoms with Crippen molar-refractivity contribution in [3.05, 3.63) is 29.8 Å². The molecule has 32 heavy (non-hydrogen) atoms. The topological polar surface area (TPSA) is 99.2 Å². The van der Waals surface area contributed by atoms with Crippen LogP contribution in [0.5, 0.6) is 11.5 Å². The van der Waals surface area contributed by atoms with E-state index in [0.29, 0.717) is 18.5 Å². The summed E-state index contributed by atoms with van der Waals surface area (Å²) < 4.78 is 62.7. The van der Waals surface area contributed by atoms with Crippen LogP contribution in [0.15, 0.2) is 24.3 Å². The van der Waals surface area contributed by atoms with Gasteiger partial charge in [-0.15, -0.1) is 0 Å². The molecule has 1 unspecified atom stereocenters. The van der Waals surface area contributed by atoms with Gasteiger partial charge in [-0.25, -0.2) is 13.2 Å². The third kappa shape index (κ3) is 7.77. The molecule has 1 aromatic carbocycles. The lowest BCUT2D eigenvalue weighted by Crippen LogP contribution is -2.45. The maximum atomic E-state index is 12.6. The molecule has 1 saturated heterocycles. The molecule has 0 spiro atoms. The Hall–Kier alpha value is -2.69. The molecule has 178 valence electrons. The number of hydrogen-bond acceptors (Lipinski definition) is 7. The summed E-state index contributed by atoms with van der Waals surface area (Å²) in [6.07, 6.45) is 2.82. The summed E-state index contributed by atoms with van der Waals surface area (Å²) in [5.41, 5.74) is 0.462. The van der Waals surface area contributed by atoms with Crippen LogP contribution in [0.25, 0.3) is 6.08 Å². The first-order valence-electron chi connectivity index (χ1n) is 9.98. The van der Waals surface area contributed by atoms with Crippen molar-refractivity contribution < 1.29 is 41.0 Å². The zero-order chi connectivity index (χ0) is 23.9. The van der Waals surface area contributed by atoms with Crippen molar-refractivity contribution in [3.8, 4) is 11.5 Å². The average molecular weight is 476 g/mol. The molecule has 11 heteroatoms. The van der Waals surface area contributed by atoms with Gasteiger partial charge < -0.3 is 19.1 Å². The third-order valence-corrected chi connectivity index (χ3v) is 6.44. The quantitative estimate of drug-likeness (QED) is 0.379. The molecule has 1 aliphatic heterocycles. The van der Waals surface area contributed by atoms with Crippen molar-refractivity contribution >= 4 is 27.8 Å². The Morgan fingerprint density at radius 3 is 2.53 bits per heavy atom. The number of hydrogen-bond donors (Lipinski definition) is 0. The second-order valence-corrected chi connectivity index (χ2v) is 9.96. The Morgan fingerprint density at radius 1 is 1.25 bits per heavy atom. The van der Waals surface area contributed by atoms with Crippen molar-refractivity contribution in [1.82, 2.24) is 4.90 Å². The lowest BCUT2D eigenvalue weighted by molar-refractivity contribution is -0.149. The maximum Gasteiger partial charge on any atom is 0.387 e. The third-order valence-electron chi connectivity index (χ3n) is 4.68. The van der Waals surface area contributed by atoms with E-state index in [0.717, 1.165) is 6.08 Å². The summed E-state index contributed by atoms with van der Waals surface area (Å²) in [6, 6.07) is 3.70. The fraction of sp³-hybridized carbons (Fsp3) is 0.524. The van der Waals surface area contributed by atoms with Gasteiger partial charge in [-0.05, 0) is 36.1 Å². The van der Waals surface area contributed by atoms with Gasteiger partial charge in [0, 0.05) is 18.7 Å². The molecule has 8 nitrogen and oxygen atoms in total. The number of ether oxygens (including phenoxy) is 3. The van der Waals surface area contributed by atoms with Crippen molar-refractivity contribution in [2.45, 2.75) is 32.9 Å². The standard InChI is InChI=1S/C21H27F2NO7S/c1-14(2)11-24(16-8-9-32(27,28)13-16)19(25)12-30-20(26)7-5-15-4-6-17(31-21(22)23)18(10-15)29-3/h4-7,10,14,16,21H,8-9,11-13H2,1-3H3. The van der Waals surface area contributed by atoms with Gasteiger partial charge in [0.15, 0.2) is 27.9 Å². The fourth-order valence-corrected chi connectivity index (χ4v) is 5.01. The van der Waals surface area contributed by atoms with Gasteiger partial charge in [0.2, 0.25) is 0 Å². The highest BCUT2D eigenvalue weighted by atomic mass is 32.2. The zero-order valence-corrected chi connectivity index (χ0v) is 18.9. The number of rotatable bonds is 10. The van der Waals surface area contributed by atoms with E-state index >= 15 is 0 Å². The van der Waals surface area contributed by atoms with Crippen LogP contribution in [-0.2, 0) is 24.2 Å². The summed E-state index contributed by atoms with van der Waals surface area (Å²) in [7, 11) is -1.88. The van der Waals surface area contributed by atoms with Crippen molar-refractivity contribution in [3.63, 3.8) is 0 Å². The zero-order valence-electron chi connectivity index (χ0n) is 18.1. The Labute approximate surface area is 186 Å². The Morgan fingerprint density at radius 2 is 1.97 bits per heavy atom. The van der Waals surface area contributed by atoms with Crippen LogP contribution < -0.4 is 9.47 Å². The normalized spacial score (nSPS) is 17.7. The summed E-state index contributed by atoms with van der Waals surface area (Å²) in [5.74, 6) is -1.27. The number of esters is 1. The fourth-order valence-electron chi connectivity index (χ4n) is 3.28. The Balaban J connectivity index is 1.97. The molecule has 1 aromatic rings. The Bertz CT molecular complexity index is 947. The van der Waals surface area contributed by atoms with E-state index in [-0.39, 0.29) is 28.9 Å². The number of benzene rings is 1. The highest BCUT2D eigenvalue weighted by Gasteiger charge is 2.35. The minimum atomic E-state index is -3.17. The number of methoxy groups -OCH3 is 1. The number of carbonyl (C=O) groups is 2. The second kappa shape index (κ2) is 11.3. The minimum absolute atomic E-state index is 0.0344. The number of sulfone groups is 1. The lowest BCUT2D eigenvalue weighted by atomic mass is 10.1. The number of nitrogens with zero attached hydrogens (tertiary/aromatic N) is 1. The highest BCUT2D eigenvalue weighted by Crippen LogP contribution is 2.29. The predicted molar refractivity (Wildman–Crippen MR) is 113 cm³/mol. The molecule has 1 atom stereocenters. The van der Waals surface area contributed by atoms with Gasteiger partial charge in [0.1, 0.15) is 0 Å². The van der Waals surface area contributed by atoms with Gasteiger partial charge in [0.25, 0.3) is 5.91 Å². The van der Waals surface area contributed by atoms with Crippen molar-refractivity contribution in [1.29, 1.82) is 0 Å². The van der Waals surface area contributed by atoms with E-state index in [2.05, 4.69) is 4.74 Å². The SMILES string of the molecule is COc1cc(C=CC(=O)OCC(=O)N(CC(C)C)C2CCS(=O)(=O)C2)ccc1OC(F)F. The van der Waals surface area contributed by atoms with Crippen molar-refractivity contribution in [2.75, 3.05) is 31.8 Å². The Kier molecular flexibility index (Phi) is 8.99. The van der Waals surface area contributed by atoms with Gasteiger partial charge in [-0.1, -0.05) is 19.9 Å². The molecular weight excluding hydrogens is 448 g/mol. The highest BCUT2D eigenvalue weighted by molar-refractivity contribution is 7.91. The van der Waals surface area contributed by atoms with Crippen LogP contribution in [0.4, 0.5) is 8.78 Å². The van der Waals surface area contributed by atoms with E-state index in [1.807, 2.05) is 13.8 Å². The predicted octanol–water partition coefficient (Wildman–Crippen LogP) is 2.52. The largest absolute Gasteiger partial charge is 0.493 e. The van der Waals surface area contributed by atoms with E-state index in [1.54, 1.807) is 0 Å². The first-order chi connectivity index (χ1) is 15.0. The van der Waals surface area contributed by atoms with E-state index in [4.69, 9.17) is 9.47 Å². The molecule has 0 aromatic heterocycles. The molecule has 0 aliphatic carbocycles. The number of amides is 1. The van der Waals surface area contributed by atoms with Crippen LogP contribution in [0.2, 0.25) is 0 Å². The smallest absolute Gasteiger partial charge is 0.387 e. The summed E-state index contributed by atoms with van der Waals surface area (Å²) in [4.78, 5) is 26.1. The number of alkyl halides is 2. The van der Waals surface area contributed by atoms with Gasteiger partial charge in [0.05, 0.1) is 18.6 Å². The molecule has 1 amide bonds. The van der Waals surface area contributed by atoms with Crippen LogP contribution in [0.1, 0.15) is 25.8 Å². The summed E-state index contributed by atoms with van der Waals surface area (Å²) >= 11 is 0. The molecule has 0 saturated carbocycles. The minimum Gasteiger partial charge on any atom is -0.493 e. The molecule has 1 fully saturated rings. The molecule has 1 heterocycles. The molecule has 0 N–H and O–H groups in total. The monoisotopic (exact) mass is 475 g/mol. The first-order valence-corrected chi connectivity index (χ1v) is 11.8. The van der Waals surface area contributed by atoms with Gasteiger partial charge in [-0.3, -0.25) is 4.79 Å². The summed E-state index contributed by atoms with van der Waals surface area (Å²) in [6.45, 7) is 0.655.